The molecule has 4 saturated heterocycles. The number of nitrogens with zero attached hydrogens (tertiary/aromatic N) is 7. The van der Waals surface area contributed by atoms with E-state index in [4.69, 9.17) is 57.9 Å². The number of Topliss-reactive ketones (excluding diaryl/α,β-unsaturated/α-hetero) is 2. The van der Waals surface area contributed by atoms with Gasteiger partial charge >= 0.3 is 23.9 Å². The van der Waals surface area contributed by atoms with E-state index < -0.39 is 35.7 Å². The van der Waals surface area contributed by atoms with Crippen molar-refractivity contribution in [2.24, 2.45) is 33.3 Å². The predicted octanol–water partition coefficient (Wildman–Crippen LogP) is 11.0. The number of fused-ring (bicyclic) bond motifs is 2. The van der Waals surface area contributed by atoms with Crippen LogP contribution in [0.3, 0.4) is 0 Å². The lowest BCUT2D eigenvalue weighted by Gasteiger charge is -2.43. The Morgan fingerprint density at radius 3 is 1.37 bits per heavy atom. The highest BCUT2D eigenvalue weighted by atomic mass is 35.5. The molecular weight excluding hydrogens is 1280 g/mol. The van der Waals surface area contributed by atoms with Gasteiger partial charge in [-0.1, -0.05) is 82.8 Å². The molecule has 7 heterocycles. The van der Waals surface area contributed by atoms with Crippen molar-refractivity contribution in [2.75, 3.05) is 65.6 Å². The van der Waals surface area contributed by atoms with Gasteiger partial charge in [0, 0.05) is 82.9 Å². The number of carbonyl (C=O) groups excluding carboxylic acids is 4. The summed E-state index contributed by atoms with van der Waals surface area (Å²) in [4.78, 5) is 65.2. The number of hydrogen-bond acceptors (Lipinski definition) is 10. The van der Waals surface area contributed by atoms with E-state index in [1.165, 1.54) is 93.8 Å². The fourth-order valence-corrected chi connectivity index (χ4v) is 12.8. The van der Waals surface area contributed by atoms with E-state index in [9.17, 15) is 55.7 Å². The number of aromatic amines is 2. The number of amides is 2. The molecule has 4 aromatic carbocycles. The van der Waals surface area contributed by atoms with Gasteiger partial charge in [0.05, 0.1) is 33.3 Å². The molecule has 2 atom stereocenters. The van der Waals surface area contributed by atoms with Crippen molar-refractivity contribution in [1.29, 1.82) is 0 Å². The highest BCUT2D eigenvalue weighted by molar-refractivity contribution is 6.43. The maximum absolute atomic E-state index is 12.5. The second-order valence-electron chi connectivity index (χ2n) is 22.5. The normalized spacial score (nSPS) is 17.9. The van der Waals surface area contributed by atoms with Gasteiger partial charge in [-0.2, -0.15) is 41.4 Å². The Bertz CT molecular complexity index is 3620. The fraction of sp³-hybridized carbons (Fsp3) is 0.413. The summed E-state index contributed by atoms with van der Waals surface area (Å²) < 4.78 is 68.2. The fourth-order valence-electron chi connectivity index (χ4n) is 12.2. The molecule has 18 nitrogen and oxygen atoms in total. The standard InChI is InChI=1S/C28H33Cl2N5O2.C20H29N3O.C11H8Cl2N4O.C4F6O2/c29-23-6-5-20(15-24(23)30)27(37)33-28(31)35-13-9-19(10-14-35)26(17-36)34-11-7-18(8-12-34)22-16-32-25-4-2-1-3-21(22)25;24-14-20(16-5-9-21-10-6-16)23-11-7-15(8-12-23)18-13-22-19-4-2-1-3-17(18)19;12-8-3-2-7(6-9(8)13)10(18)16-11(14)17-5-1-4-15-17;5-3(6,7)1(11)2(12)4(8,9)10/h1-6,15-16,18-19,26,32,36H,7-14,17H2,(H2,31,33,37);1-4,13,15-16,20-22,24H,5-12,14H2;1-6H,(H2,14,16,18);. The number of ketones is 2. The summed E-state index contributed by atoms with van der Waals surface area (Å²) in [5, 5.41) is 31.6. The first kappa shape index (κ1) is 70.0. The molecule has 7 aromatic rings. The molecule has 488 valence electrons. The zero-order valence-electron chi connectivity index (χ0n) is 49.3. The Balaban J connectivity index is 0.000000170. The number of halogens is 10. The molecule has 4 fully saturated rings. The van der Waals surface area contributed by atoms with Gasteiger partial charge in [0.2, 0.25) is 5.96 Å². The lowest BCUT2D eigenvalue weighted by atomic mass is 9.85. The Hall–Kier alpha value is -6.87. The van der Waals surface area contributed by atoms with Gasteiger partial charge < -0.3 is 41.9 Å². The number of alkyl halides is 6. The highest BCUT2D eigenvalue weighted by Gasteiger charge is 2.54. The largest absolute Gasteiger partial charge is 0.458 e. The van der Waals surface area contributed by atoms with Gasteiger partial charge in [0.25, 0.3) is 11.8 Å². The zero-order valence-corrected chi connectivity index (χ0v) is 52.3. The molecule has 0 bridgehead atoms. The number of aliphatic imine (C=N–C) groups is 2. The second-order valence-corrected chi connectivity index (χ2v) is 24.2. The van der Waals surface area contributed by atoms with Gasteiger partial charge in [-0.3, -0.25) is 29.0 Å². The number of piperidine rings is 4. The predicted molar refractivity (Wildman–Crippen MR) is 340 cm³/mol. The van der Waals surface area contributed by atoms with E-state index in [0.29, 0.717) is 75.6 Å². The molecule has 4 aliphatic heterocycles. The topological polar surface area (TPSA) is 257 Å². The molecule has 11 rings (SSSR count). The number of hydrogen-bond donors (Lipinski definition) is 7. The minimum atomic E-state index is -5.77. The third kappa shape index (κ3) is 18.5. The van der Waals surface area contributed by atoms with Crippen LogP contribution >= 0.6 is 46.4 Å². The average molecular weight is 1350 g/mol. The summed E-state index contributed by atoms with van der Waals surface area (Å²) in [6.07, 6.45) is 4.72. The van der Waals surface area contributed by atoms with Crippen molar-refractivity contribution in [1.82, 2.24) is 39.8 Å². The number of H-pyrrole nitrogens is 2. The third-order valence-corrected chi connectivity index (χ3v) is 18.5. The Morgan fingerprint density at radius 2 is 0.978 bits per heavy atom. The molecule has 2 unspecified atom stereocenters. The van der Waals surface area contributed by atoms with Crippen molar-refractivity contribution >= 4 is 104 Å². The molecule has 4 aliphatic rings. The number of para-hydroxylation sites is 2. The Labute approximate surface area is 540 Å². The molecule has 0 spiro atoms. The van der Waals surface area contributed by atoms with E-state index in [-0.39, 0.29) is 29.6 Å². The first-order chi connectivity index (χ1) is 43.4. The Morgan fingerprint density at radius 1 is 0.560 bits per heavy atom. The van der Waals surface area contributed by atoms with Crippen molar-refractivity contribution in [3.63, 3.8) is 0 Å². The maximum Gasteiger partial charge on any atom is 0.458 e. The van der Waals surface area contributed by atoms with Gasteiger partial charge in [-0.05, 0) is 180 Å². The zero-order chi connectivity index (χ0) is 65.6. The third-order valence-electron chi connectivity index (χ3n) is 17.1. The smallest absolute Gasteiger partial charge is 0.395 e. The summed E-state index contributed by atoms with van der Waals surface area (Å²) >= 11 is 23.5. The van der Waals surface area contributed by atoms with Crippen LogP contribution in [0.1, 0.15) is 95.0 Å². The summed E-state index contributed by atoms with van der Waals surface area (Å²) in [5.74, 6) is -5.35. The summed E-state index contributed by atoms with van der Waals surface area (Å²) in [6.45, 7) is 8.27. The molecule has 91 heavy (non-hydrogen) atoms. The quantitative estimate of drug-likeness (QED) is 0.0276. The monoisotopic (exact) mass is 1340 g/mol. The second kappa shape index (κ2) is 32.1. The minimum Gasteiger partial charge on any atom is -0.395 e. The van der Waals surface area contributed by atoms with Gasteiger partial charge in [-0.15, -0.1) is 0 Å². The molecular formula is C63H70Cl4F6N12O6. The Kier molecular flexibility index (Phi) is 24.7. The number of carbonyl (C=O) groups is 4. The molecule has 2 amide bonds. The first-order valence-electron chi connectivity index (χ1n) is 29.6. The summed E-state index contributed by atoms with van der Waals surface area (Å²) in [7, 11) is 0. The van der Waals surface area contributed by atoms with Gasteiger partial charge in [0.1, 0.15) is 0 Å². The molecule has 28 heteroatoms. The number of benzene rings is 4. The van der Waals surface area contributed by atoms with Crippen molar-refractivity contribution in [3.05, 3.63) is 158 Å². The van der Waals surface area contributed by atoms with E-state index in [2.05, 4.69) is 101 Å². The van der Waals surface area contributed by atoms with Crippen LogP contribution in [0.4, 0.5) is 26.3 Å². The van der Waals surface area contributed by atoms with Gasteiger partial charge in [0.15, 0.2) is 5.96 Å². The lowest BCUT2D eigenvalue weighted by molar-refractivity contribution is -0.193. The van der Waals surface area contributed by atoms with Crippen LogP contribution in [0, 0.1) is 11.8 Å². The van der Waals surface area contributed by atoms with E-state index >= 15 is 0 Å². The summed E-state index contributed by atoms with van der Waals surface area (Å²) in [5.41, 5.74) is 17.8. The van der Waals surface area contributed by atoms with Crippen molar-refractivity contribution in [3.8, 4) is 0 Å². The first-order valence-corrected chi connectivity index (χ1v) is 31.1. The van der Waals surface area contributed by atoms with Crippen LogP contribution in [-0.2, 0) is 9.59 Å². The van der Waals surface area contributed by atoms with E-state index in [1.807, 2.05) is 4.90 Å². The number of guanidine groups is 1. The number of aliphatic hydroxyl groups excluding tert-OH is 2. The molecule has 3 aromatic heterocycles. The number of likely N-dealkylation sites (tertiary alicyclic amines) is 3. The van der Waals surface area contributed by atoms with Crippen LogP contribution in [0.15, 0.2) is 126 Å². The van der Waals surface area contributed by atoms with Crippen LogP contribution in [-0.4, -0.2) is 170 Å². The SMILES string of the molecule is NC(=NC(=O)c1ccc(Cl)c(Cl)c1)N1CCC(C(CO)N2CCC(c3c[nH]c4ccccc34)CC2)CC1.NC(=NC(=O)c1ccc(Cl)c(Cl)c1)n1cccn1.O=C(C(=O)C(F)(F)F)C(F)(F)F.OCC(C1CCNCC1)N1CCC(c2c[nH]c3ccccc23)CC1. The molecule has 0 aliphatic carbocycles. The number of nitrogens with two attached hydrogens (primary N) is 2. The average Bonchev–Trinajstić information content (AvgIpc) is 1.79. The van der Waals surface area contributed by atoms with Crippen molar-refractivity contribution < 1.29 is 55.7 Å². The van der Waals surface area contributed by atoms with Crippen LogP contribution in [0.25, 0.3) is 21.8 Å². The van der Waals surface area contributed by atoms with Crippen LogP contribution < -0.4 is 16.8 Å². The minimum absolute atomic E-state index is 0.0175. The number of rotatable bonds is 11. The molecule has 0 radical (unpaired) electrons. The highest BCUT2D eigenvalue weighted by Crippen LogP contribution is 2.38. The number of nitrogens with one attached hydrogen (secondary N) is 3. The summed E-state index contributed by atoms with van der Waals surface area (Å²) in [6, 6.07) is 28.4. The van der Waals surface area contributed by atoms with Gasteiger partial charge in [-0.25, -0.2) is 4.68 Å². The number of aliphatic hydroxyl groups is 2. The van der Waals surface area contributed by atoms with Crippen LogP contribution in [0.2, 0.25) is 20.1 Å². The maximum atomic E-state index is 12.5. The van der Waals surface area contributed by atoms with Crippen molar-refractivity contribution in [2.45, 2.75) is 87.6 Å². The molecule has 0 saturated carbocycles. The lowest BCUT2D eigenvalue weighted by Crippen LogP contribution is -2.51. The number of aromatic nitrogens is 4. The molecule has 9 N–H and O–H groups in total. The van der Waals surface area contributed by atoms with Crippen LogP contribution in [0.5, 0.6) is 0 Å². The van der Waals surface area contributed by atoms with E-state index in [1.54, 1.807) is 24.4 Å². The van der Waals surface area contributed by atoms with E-state index in [0.717, 1.165) is 65.0 Å².